The van der Waals surface area contributed by atoms with Gasteiger partial charge in [0.15, 0.2) is 25.5 Å². The molecule has 0 unspecified atom stereocenters. The van der Waals surface area contributed by atoms with Gasteiger partial charge in [0.1, 0.15) is 0 Å². The summed E-state index contributed by atoms with van der Waals surface area (Å²) in [6, 6.07) is 36.4. The van der Waals surface area contributed by atoms with Crippen molar-refractivity contribution in [3.63, 3.8) is 0 Å². The molecule has 10 rings (SSSR count). The molecule has 4 heterocycles. The van der Waals surface area contributed by atoms with E-state index in [4.69, 9.17) is 33.6 Å². The molecule has 55 heavy (non-hydrogen) atoms. The summed E-state index contributed by atoms with van der Waals surface area (Å²) in [6.07, 6.45) is 3.64. The fourth-order valence-electron chi connectivity index (χ4n) is 7.66. The molecule has 0 atom stereocenters. The molecule has 0 aliphatic carbocycles. The normalized spacial score (nSPS) is 15.1. The maximum atomic E-state index is 8.85. The monoisotopic (exact) mass is 729 g/mol. The SMILES string of the molecule is [2H]c1c([2H])c([2H])c(-c2nc(-c3cccc([Si]4(c5ccccc5)c5c(-c6ccccc6)ccnc5-c5nccc(-c6ccccc6)c54)c3)nc(-c3c([2H])c([2H])c([2H])c([2H])c3[2H])n2)c([2H])c1[2H]. The highest BCUT2D eigenvalue weighted by molar-refractivity contribution is 7.23. The van der Waals surface area contributed by atoms with Crippen molar-refractivity contribution in [3.05, 3.63) is 200 Å². The average Bonchev–Trinajstić information content (AvgIpc) is 3.66. The molecule has 9 aromatic rings. The summed E-state index contributed by atoms with van der Waals surface area (Å²) in [6.45, 7) is 0. The first-order valence-corrected chi connectivity index (χ1v) is 19.6. The van der Waals surface area contributed by atoms with Gasteiger partial charge in [0, 0.05) is 29.1 Å². The zero-order valence-corrected chi connectivity index (χ0v) is 30.0. The van der Waals surface area contributed by atoms with Gasteiger partial charge < -0.3 is 0 Å². The Bertz CT molecular complexity index is 3160. The molecule has 0 fully saturated rings. The zero-order valence-electron chi connectivity index (χ0n) is 39.0. The van der Waals surface area contributed by atoms with E-state index in [0.29, 0.717) is 5.56 Å². The molecule has 0 bridgehead atoms. The van der Waals surface area contributed by atoms with E-state index >= 15 is 0 Å². The molecule has 6 aromatic carbocycles. The summed E-state index contributed by atoms with van der Waals surface area (Å²) in [7, 11) is -3.54. The van der Waals surface area contributed by atoms with Crippen LogP contribution in [0.3, 0.4) is 0 Å². The first-order valence-electron chi connectivity index (χ1n) is 22.6. The van der Waals surface area contributed by atoms with E-state index in [2.05, 4.69) is 47.4 Å². The standard InChI is InChI=1S/C49H33N5Si/c1-6-17-34(18-7-1)41-29-31-50-43-44-46(42(30-32-51-44)35-19-8-2-9-20-35)55(45(41)43,39-26-14-5-15-27-39)40-28-16-25-38(33-40)49-53-47(36-21-10-3-11-22-36)52-48(54-49)37-23-12-4-13-24-37/h1-33H/i3D,4D,10D,11D,12D,13D,21D,22D,23D,24D. The Morgan fingerprint density at radius 2 is 0.800 bits per heavy atom. The van der Waals surface area contributed by atoms with Crippen LogP contribution < -0.4 is 20.7 Å². The van der Waals surface area contributed by atoms with E-state index in [9.17, 15) is 0 Å². The van der Waals surface area contributed by atoms with Gasteiger partial charge in [0.25, 0.3) is 0 Å². The molecule has 0 radical (unpaired) electrons. The van der Waals surface area contributed by atoms with Crippen LogP contribution in [0.2, 0.25) is 0 Å². The van der Waals surface area contributed by atoms with Crippen molar-refractivity contribution < 1.29 is 13.7 Å². The molecular formula is C49H33N5Si. The quantitative estimate of drug-likeness (QED) is 0.154. The minimum Gasteiger partial charge on any atom is -0.255 e. The fourth-order valence-corrected chi connectivity index (χ4v) is 13.1. The number of hydrogen-bond acceptors (Lipinski definition) is 5. The van der Waals surface area contributed by atoms with Gasteiger partial charge in [-0.3, -0.25) is 9.97 Å². The summed E-state index contributed by atoms with van der Waals surface area (Å²) >= 11 is 0. The van der Waals surface area contributed by atoms with Crippen molar-refractivity contribution in [2.45, 2.75) is 0 Å². The minimum absolute atomic E-state index is 0.0231. The van der Waals surface area contributed by atoms with E-state index in [0.717, 1.165) is 54.4 Å². The molecule has 0 saturated heterocycles. The lowest BCUT2D eigenvalue weighted by Crippen LogP contribution is -2.73. The molecule has 3 aromatic heterocycles. The largest absolute Gasteiger partial charge is 0.255 e. The molecule has 258 valence electrons. The van der Waals surface area contributed by atoms with Crippen molar-refractivity contribution in [2.24, 2.45) is 0 Å². The number of aromatic nitrogens is 5. The van der Waals surface area contributed by atoms with Crippen LogP contribution in [0.4, 0.5) is 0 Å². The van der Waals surface area contributed by atoms with Gasteiger partial charge in [0.2, 0.25) is 0 Å². The molecule has 0 amide bonds. The number of rotatable bonds is 7. The number of hydrogen-bond donors (Lipinski definition) is 0. The lowest BCUT2D eigenvalue weighted by molar-refractivity contribution is 1.07. The first-order chi connectivity index (χ1) is 31.4. The Balaban J connectivity index is 1.32. The van der Waals surface area contributed by atoms with Crippen LogP contribution in [0.15, 0.2) is 200 Å². The molecule has 0 N–H and O–H groups in total. The van der Waals surface area contributed by atoms with Crippen LogP contribution in [-0.2, 0) is 0 Å². The highest BCUT2D eigenvalue weighted by Crippen LogP contribution is 2.35. The van der Waals surface area contributed by atoms with Crippen LogP contribution in [0.1, 0.15) is 13.7 Å². The van der Waals surface area contributed by atoms with Crippen LogP contribution >= 0.6 is 0 Å². The lowest BCUT2D eigenvalue weighted by Gasteiger charge is -2.34. The second-order valence-electron chi connectivity index (χ2n) is 12.9. The van der Waals surface area contributed by atoms with E-state index in [1.165, 1.54) is 0 Å². The first kappa shape index (κ1) is 23.5. The van der Waals surface area contributed by atoms with Crippen molar-refractivity contribution >= 4 is 28.8 Å². The van der Waals surface area contributed by atoms with Gasteiger partial charge in [-0.15, -0.1) is 0 Å². The van der Waals surface area contributed by atoms with Gasteiger partial charge >= 0.3 is 0 Å². The second kappa shape index (κ2) is 13.7. The average molecular weight is 730 g/mol. The molecule has 0 saturated carbocycles. The van der Waals surface area contributed by atoms with E-state index in [1.807, 2.05) is 91.3 Å². The van der Waals surface area contributed by atoms with Crippen LogP contribution in [-0.4, -0.2) is 33.0 Å². The van der Waals surface area contributed by atoms with Crippen molar-refractivity contribution in [2.75, 3.05) is 0 Å². The third-order valence-electron chi connectivity index (χ3n) is 9.89. The third-order valence-corrected chi connectivity index (χ3v) is 14.8. The van der Waals surface area contributed by atoms with Gasteiger partial charge in [-0.2, -0.15) is 0 Å². The maximum Gasteiger partial charge on any atom is 0.186 e. The summed E-state index contributed by atoms with van der Waals surface area (Å²) in [5, 5.41) is 3.99. The Hall–Kier alpha value is -7.15. The summed E-state index contributed by atoms with van der Waals surface area (Å²) in [5.41, 5.74) is 5.23. The molecule has 5 nitrogen and oxygen atoms in total. The lowest BCUT2D eigenvalue weighted by atomic mass is 10.0. The summed E-state index contributed by atoms with van der Waals surface area (Å²) in [4.78, 5) is 24.3. The fraction of sp³-hybridized carbons (Fsp3) is 0. The molecule has 1 aliphatic heterocycles. The van der Waals surface area contributed by atoms with E-state index in [-0.39, 0.29) is 28.6 Å². The smallest absolute Gasteiger partial charge is 0.186 e. The number of pyridine rings is 2. The predicted octanol–water partition coefficient (Wildman–Crippen LogP) is 8.35. The Kier molecular flexibility index (Phi) is 5.84. The number of nitrogens with zero attached hydrogens (tertiary/aromatic N) is 5. The van der Waals surface area contributed by atoms with E-state index in [1.54, 1.807) is 6.07 Å². The second-order valence-corrected chi connectivity index (χ2v) is 16.6. The van der Waals surface area contributed by atoms with Gasteiger partial charge in [0.05, 0.1) is 25.1 Å². The molecule has 6 heteroatoms. The van der Waals surface area contributed by atoms with Gasteiger partial charge in [-0.1, -0.05) is 176 Å². The topological polar surface area (TPSA) is 64.5 Å². The highest BCUT2D eigenvalue weighted by Gasteiger charge is 2.53. The van der Waals surface area contributed by atoms with Crippen molar-refractivity contribution in [3.8, 4) is 67.8 Å². The van der Waals surface area contributed by atoms with Crippen molar-refractivity contribution in [1.82, 2.24) is 24.9 Å². The Morgan fingerprint density at radius 3 is 1.29 bits per heavy atom. The zero-order chi connectivity index (χ0) is 45.3. The maximum absolute atomic E-state index is 8.85. The predicted molar refractivity (Wildman–Crippen MR) is 225 cm³/mol. The van der Waals surface area contributed by atoms with E-state index < -0.39 is 68.5 Å². The number of benzene rings is 6. The third kappa shape index (κ3) is 5.50. The van der Waals surface area contributed by atoms with Crippen LogP contribution in [0, 0.1) is 0 Å². The molecule has 1 aliphatic rings. The highest BCUT2D eigenvalue weighted by atomic mass is 28.3. The minimum atomic E-state index is -3.54. The summed E-state index contributed by atoms with van der Waals surface area (Å²) < 4.78 is 85.8. The van der Waals surface area contributed by atoms with Gasteiger partial charge in [-0.25, -0.2) is 15.0 Å². The molecule has 0 spiro atoms. The summed E-state index contributed by atoms with van der Waals surface area (Å²) in [5.74, 6) is -0.695. The van der Waals surface area contributed by atoms with Gasteiger partial charge in [-0.05, 0) is 55.1 Å². The Morgan fingerprint density at radius 1 is 0.382 bits per heavy atom. The van der Waals surface area contributed by atoms with Crippen LogP contribution in [0.5, 0.6) is 0 Å². The molecular weight excluding hydrogens is 687 g/mol. The Labute approximate surface area is 334 Å². The number of fused-ring (bicyclic) bond motifs is 3. The van der Waals surface area contributed by atoms with Crippen LogP contribution in [0.25, 0.3) is 67.8 Å². The van der Waals surface area contributed by atoms with Crippen molar-refractivity contribution in [1.29, 1.82) is 0 Å².